The molecule has 4 aromatic rings. The van der Waals surface area contributed by atoms with Gasteiger partial charge in [-0.3, -0.25) is 4.79 Å². The van der Waals surface area contributed by atoms with E-state index in [4.69, 9.17) is 4.74 Å². The summed E-state index contributed by atoms with van der Waals surface area (Å²) in [7, 11) is -2.43. The summed E-state index contributed by atoms with van der Waals surface area (Å²) in [6.07, 6.45) is 2.76. The van der Waals surface area contributed by atoms with E-state index in [-0.39, 0.29) is 11.4 Å². The molecule has 0 fully saturated rings. The number of hydrogen-bond donors (Lipinski definition) is 3. The van der Waals surface area contributed by atoms with Crippen LogP contribution in [0.25, 0.3) is 10.9 Å². The average molecular weight is 506 g/mol. The van der Waals surface area contributed by atoms with Crippen molar-refractivity contribution in [3.05, 3.63) is 102 Å². The third kappa shape index (κ3) is 6.40. The maximum atomic E-state index is 13.2. The molecule has 3 aromatic carbocycles. The Morgan fingerprint density at radius 2 is 1.64 bits per heavy atom. The van der Waals surface area contributed by atoms with Gasteiger partial charge in [0.2, 0.25) is 10.0 Å². The molecule has 1 heterocycles. The molecular formula is C28H31N3O4S. The number of carbonyl (C=O) groups is 1. The van der Waals surface area contributed by atoms with Gasteiger partial charge in [-0.1, -0.05) is 66.2 Å². The lowest BCUT2D eigenvalue weighted by Crippen LogP contribution is -2.49. The first-order valence-electron chi connectivity index (χ1n) is 11.8. The molecule has 0 bridgehead atoms. The molecule has 0 aliphatic heterocycles. The Hall–Kier alpha value is -3.46. The van der Waals surface area contributed by atoms with Crippen molar-refractivity contribution in [2.24, 2.45) is 0 Å². The lowest BCUT2D eigenvalue weighted by molar-refractivity contribution is -0.143. The zero-order valence-electron chi connectivity index (χ0n) is 20.4. The normalized spacial score (nSPS) is 13.4. The molecule has 36 heavy (non-hydrogen) atoms. The van der Waals surface area contributed by atoms with Crippen molar-refractivity contribution >= 4 is 26.9 Å². The highest BCUT2D eigenvalue weighted by molar-refractivity contribution is 7.89. The minimum Gasteiger partial charge on any atom is -0.468 e. The number of esters is 1. The summed E-state index contributed by atoms with van der Waals surface area (Å²) in [6.45, 7) is 2.14. The molecule has 7 nitrogen and oxygen atoms in total. The zero-order chi connectivity index (χ0) is 25.5. The second kappa shape index (κ2) is 11.5. The quantitative estimate of drug-likeness (QED) is 0.270. The van der Waals surface area contributed by atoms with Gasteiger partial charge in [0.05, 0.1) is 12.0 Å². The Morgan fingerprint density at radius 1 is 0.944 bits per heavy atom. The molecule has 0 aliphatic carbocycles. The number of methoxy groups -OCH3 is 1. The van der Waals surface area contributed by atoms with Crippen LogP contribution in [0, 0.1) is 6.92 Å². The Balaban J connectivity index is 1.57. The third-order valence-corrected chi connectivity index (χ3v) is 7.71. The number of aromatic nitrogens is 1. The van der Waals surface area contributed by atoms with Crippen molar-refractivity contribution in [3.8, 4) is 0 Å². The zero-order valence-corrected chi connectivity index (χ0v) is 21.2. The molecule has 8 heteroatoms. The third-order valence-electron chi connectivity index (χ3n) is 6.17. The first-order valence-corrected chi connectivity index (χ1v) is 13.3. The van der Waals surface area contributed by atoms with E-state index in [1.165, 1.54) is 7.11 Å². The van der Waals surface area contributed by atoms with Crippen LogP contribution >= 0.6 is 0 Å². The van der Waals surface area contributed by atoms with Gasteiger partial charge in [0.15, 0.2) is 0 Å². The molecule has 188 valence electrons. The summed E-state index contributed by atoms with van der Waals surface area (Å²) < 4.78 is 34.3. The number of benzene rings is 3. The average Bonchev–Trinajstić information content (AvgIpc) is 3.29. The molecule has 0 unspecified atom stereocenters. The SMILES string of the molecule is COC(=O)[C@H](Cc1ccccc1)NC[C@H](Cc1c[nH]c2ccccc12)NS(=O)(=O)c1ccc(C)cc1. The fraction of sp³-hybridized carbons (Fsp3) is 0.250. The Bertz CT molecular complexity index is 1400. The Labute approximate surface area is 211 Å². The van der Waals surface area contributed by atoms with Crippen molar-refractivity contribution < 1.29 is 17.9 Å². The molecule has 0 saturated carbocycles. The molecule has 1 aromatic heterocycles. The number of para-hydroxylation sites is 1. The van der Waals surface area contributed by atoms with Crippen LogP contribution in [0.3, 0.4) is 0 Å². The fourth-order valence-electron chi connectivity index (χ4n) is 4.24. The van der Waals surface area contributed by atoms with Gasteiger partial charge in [0, 0.05) is 29.7 Å². The first-order chi connectivity index (χ1) is 17.4. The summed E-state index contributed by atoms with van der Waals surface area (Å²) in [4.78, 5) is 16.0. The van der Waals surface area contributed by atoms with E-state index in [2.05, 4.69) is 15.0 Å². The monoisotopic (exact) mass is 505 g/mol. The maximum Gasteiger partial charge on any atom is 0.323 e. The topological polar surface area (TPSA) is 100 Å². The highest BCUT2D eigenvalue weighted by Crippen LogP contribution is 2.20. The maximum absolute atomic E-state index is 13.2. The van der Waals surface area contributed by atoms with E-state index < -0.39 is 28.1 Å². The van der Waals surface area contributed by atoms with E-state index in [1.807, 2.05) is 67.7 Å². The number of hydrogen-bond acceptors (Lipinski definition) is 5. The lowest BCUT2D eigenvalue weighted by Gasteiger charge is -2.23. The fourth-order valence-corrected chi connectivity index (χ4v) is 5.48. The summed E-state index contributed by atoms with van der Waals surface area (Å²) >= 11 is 0. The predicted molar refractivity (Wildman–Crippen MR) is 141 cm³/mol. The minimum atomic E-state index is -3.78. The number of rotatable bonds is 11. The number of aryl methyl sites for hydroxylation is 1. The van der Waals surface area contributed by atoms with Gasteiger partial charge in [0.25, 0.3) is 0 Å². The van der Waals surface area contributed by atoms with Crippen LogP contribution < -0.4 is 10.0 Å². The molecule has 0 amide bonds. The van der Waals surface area contributed by atoms with Gasteiger partial charge >= 0.3 is 5.97 Å². The van der Waals surface area contributed by atoms with Gasteiger partial charge in [-0.2, -0.15) is 0 Å². The minimum absolute atomic E-state index is 0.200. The van der Waals surface area contributed by atoms with Gasteiger partial charge < -0.3 is 15.0 Å². The molecule has 3 N–H and O–H groups in total. The summed E-state index contributed by atoms with van der Waals surface area (Å²) in [5, 5.41) is 4.28. The molecule has 0 aliphatic rings. The summed E-state index contributed by atoms with van der Waals surface area (Å²) in [5.74, 6) is -0.397. The number of carbonyl (C=O) groups excluding carboxylic acids is 1. The van der Waals surface area contributed by atoms with Gasteiger partial charge in [0.1, 0.15) is 6.04 Å². The number of fused-ring (bicyclic) bond motifs is 1. The van der Waals surface area contributed by atoms with Crippen molar-refractivity contribution in [3.63, 3.8) is 0 Å². The van der Waals surface area contributed by atoms with E-state index in [0.29, 0.717) is 12.8 Å². The van der Waals surface area contributed by atoms with E-state index in [9.17, 15) is 13.2 Å². The second-order valence-corrected chi connectivity index (χ2v) is 10.6. The summed E-state index contributed by atoms with van der Waals surface area (Å²) in [5.41, 5.74) is 3.93. The highest BCUT2D eigenvalue weighted by atomic mass is 32.2. The van der Waals surface area contributed by atoms with Crippen molar-refractivity contribution in [2.45, 2.75) is 36.7 Å². The Kier molecular flexibility index (Phi) is 8.20. The number of H-pyrrole nitrogens is 1. The lowest BCUT2D eigenvalue weighted by atomic mass is 10.0. The number of ether oxygens (including phenoxy) is 1. The van der Waals surface area contributed by atoms with Crippen LogP contribution in [-0.2, 0) is 32.4 Å². The summed E-state index contributed by atoms with van der Waals surface area (Å²) in [6, 6.07) is 23.1. The van der Waals surface area contributed by atoms with Gasteiger partial charge in [-0.15, -0.1) is 0 Å². The van der Waals surface area contributed by atoms with E-state index in [1.54, 1.807) is 24.3 Å². The second-order valence-electron chi connectivity index (χ2n) is 8.87. The number of sulfonamides is 1. The van der Waals surface area contributed by atoms with Crippen molar-refractivity contribution in [2.75, 3.05) is 13.7 Å². The predicted octanol–water partition coefficient (Wildman–Crippen LogP) is 3.74. The van der Waals surface area contributed by atoms with Crippen LogP contribution in [0.5, 0.6) is 0 Å². The molecule has 2 atom stereocenters. The van der Waals surface area contributed by atoms with Crippen molar-refractivity contribution in [1.82, 2.24) is 15.0 Å². The standard InChI is InChI=1S/C28H31N3O4S/c1-20-12-14-24(15-13-20)36(33,34)31-23(17-22-18-29-26-11-7-6-10-25(22)26)19-30-27(28(32)35-2)16-21-8-4-3-5-9-21/h3-15,18,23,27,29-31H,16-17,19H2,1-2H3/t23-,27-/m0/s1. The van der Waals surface area contributed by atoms with Crippen molar-refractivity contribution in [1.29, 1.82) is 0 Å². The Morgan fingerprint density at radius 3 is 2.36 bits per heavy atom. The van der Waals surface area contributed by atoms with Crippen LogP contribution in [0.1, 0.15) is 16.7 Å². The van der Waals surface area contributed by atoms with Crippen LogP contribution in [0.2, 0.25) is 0 Å². The number of aromatic amines is 1. The number of nitrogens with one attached hydrogen (secondary N) is 3. The van der Waals surface area contributed by atoms with Crippen LogP contribution in [0.4, 0.5) is 0 Å². The molecule has 0 saturated heterocycles. The molecule has 0 spiro atoms. The van der Waals surface area contributed by atoms with Crippen LogP contribution in [0.15, 0.2) is 90.0 Å². The molecule has 4 rings (SSSR count). The molecular weight excluding hydrogens is 474 g/mol. The largest absolute Gasteiger partial charge is 0.468 e. The van der Waals surface area contributed by atoms with E-state index >= 15 is 0 Å². The van der Waals surface area contributed by atoms with E-state index in [0.717, 1.165) is 27.6 Å². The first kappa shape index (κ1) is 25.6. The molecule has 0 radical (unpaired) electrons. The highest BCUT2D eigenvalue weighted by Gasteiger charge is 2.25. The van der Waals surface area contributed by atoms with Gasteiger partial charge in [-0.25, -0.2) is 13.1 Å². The van der Waals surface area contributed by atoms with Crippen LogP contribution in [-0.4, -0.2) is 45.1 Å². The smallest absolute Gasteiger partial charge is 0.323 e. The van der Waals surface area contributed by atoms with Gasteiger partial charge in [-0.05, 0) is 49.1 Å².